The maximum absolute atomic E-state index is 13.3. The van der Waals surface area contributed by atoms with Gasteiger partial charge >= 0.3 is 12.1 Å². The Labute approximate surface area is 204 Å². The van der Waals surface area contributed by atoms with E-state index in [1.54, 1.807) is 0 Å². The summed E-state index contributed by atoms with van der Waals surface area (Å²) in [5.41, 5.74) is -0.389. The van der Waals surface area contributed by atoms with Gasteiger partial charge in [0.1, 0.15) is 11.6 Å². The Kier molecular flexibility index (Phi) is 6.76. The molecule has 2 aromatic heterocycles. The highest BCUT2D eigenvalue weighted by Crippen LogP contribution is 2.29. The molecule has 36 heavy (non-hydrogen) atoms. The third-order valence-electron chi connectivity index (χ3n) is 5.88. The van der Waals surface area contributed by atoms with E-state index >= 15 is 0 Å². The first-order valence-electron chi connectivity index (χ1n) is 11.2. The molecular weight excluding hydrogens is 479 g/mol. The third kappa shape index (κ3) is 5.85. The van der Waals surface area contributed by atoms with Crippen LogP contribution in [0.3, 0.4) is 0 Å². The Morgan fingerprint density at radius 1 is 1.17 bits per heavy atom. The van der Waals surface area contributed by atoms with Gasteiger partial charge in [-0.25, -0.2) is 27.7 Å². The highest BCUT2D eigenvalue weighted by molar-refractivity contribution is 6.00. The third-order valence-corrected chi connectivity index (χ3v) is 5.88. The first-order chi connectivity index (χ1) is 16.9. The van der Waals surface area contributed by atoms with Crippen molar-refractivity contribution in [3.8, 4) is 0 Å². The van der Waals surface area contributed by atoms with Gasteiger partial charge in [-0.2, -0.15) is 5.10 Å². The van der Waals surface area contributed by atoms with Gasteiger partial charge in [-0.05, 0) is 31.5 Å². The molecule has 0 bridgehead atoms. The van der Waals surface area contributed by atoms with Crippen molar-refractivity contribution >= 4 is 34.6 Å². The summed E-state index contributed by atoms with van der Waals surface area (Å²) in [4.78, 5) is 30.5. The number of aromatic amines is 1. The first kappa shape index (κ1) is 25.2. The van der Waals surface area contributed by atoms with Crippen molar-refractivity contribution in [1.82, 2.24) is 25.4 Å². The molecule has 3 heterocycles. The molecular formula is C23H26F3N7O3. The number of carbonyl (C=O) groups excluding carboxylic acids is 2. The van der Waals surface area contributed by atoms with Gasteiger partial charge in [0.25, 0.3) is 5.92 Å². The van der Waals surface area contributed by atoms with E-state index in [4.69, 9.17) is 0 Å². The number of carbonyl (C=O) groups is 2. The predicted octanol–water partition coefficient (Wildman–Crippen LogP) is 3.99. The number of pyridine rings is 1. The van der Waals surface area contributed by atoms with E-state index in [1.165, 1.54) is 55.3 Å². The molecule has 0 spiro atoms. The van der Waals surface area contributed by atoms with Crippen LogP contribution in [0.4, 0.5) is 34.4 Å². The van der Waals surface area contributed by atoms with E-state index in [0.29, 0.717) is 16.5 Å². The fourth-order valence-corrected chi connectivity index (χ4v) is 3.90. The number of aromatic nitrogens is 3. The molecule has 10 nitrogen and oxygen atoms in total. The number of piperidine rings is 1. The van der Waals surface area contributed by atoms with Crippen LogP contribution >= 0.6 is 0 Å². The monoisotopic (exact) mass is 505 g/mol. The molecule has 1 atom stereocenters. The number of halogens is 3. The van der Waals surface area contributed by atoms with Gasteiger partial charge in [-0.15, -0.1) is 0 Å². The smallest absolute Gasteiger partial charge is 0.323 e. The molecule has 0 saturated carbocycles. The number of nitrogens with one attached hydrogen (secondary N) is 4. The normalized spacial score (nSPS) is 16.4. The Morgan fingerprint density at radius 3 is 2.47 bits per heavy atom. The Morgan fingerprint density at radius 2 is 1.83 bits per heavy atom. The summed E-state index contributed by atoms with van der Waals surface area (Å²) in [5.74, 6) is -2.87. The summed E-state index contributed by atoms with van der Waals surface area (Å²) >= 11 is 0. The number of anilines is 2. The van der Waals surface area contributed by atoms with Crippen LogP contribution in [-0.2, 0) is 0 Å². The van der Waals surface area contributed by atoms with Crippen LogP contribution in [0.25, 0.3) is 10.9 Å². The van der Waals surface area contributed by atoms with Crippen molar-refractivity contribution in [1.29, 1.82) is 0 Å². The number of rotatable bonds is 5. The van der Waals surface area contributed by atoms with E-state index in [2.05, 4.69) is 31.1 Å². The van der Waals surface area contributed by atoms with Crippen molar-refractivity contribution in [2.24, 2.45) is 0 Å². The van der Waals surface area contributed by atoms with Crippen LogP contribution in [0.5, 0.6) is 0 Å². The average molecular weight is 506 g/mol. The molecule has 1 saturated heterocycles. The van der Waals surface area contributed by atoms with Gasteiger partial charge in [0, 0.05) is 38.2 Å². The molecule has 1 aliphatic heterocycles. The van der Waals surface area contributed by atoms with Gasteiger partial charge in [0.15, 0.2) is 5.82 Å². The van der Waals surface area contributed by atoms with Crippen molar-refractivity contribution in [2.45, 2.75) is 44.3 Å². The van der Waals surface area contributed by atoms with Crippen LogP contribution in [0.2, 0.25) is 0 Å². The second-order valence-electron chi connectivity index (χ2n) is 9.20. The number of nitrogens with zero attached hydrogens (tertiary/aromatic N) is 3. The topological polar surface area (TPSA) is 135 Å². The van der Waals surface area contributed by atoms with Gasteiger partial charge < -0.3 is 15.3 Å². The number of urea groups is 2. The highest BCUT2D eigenvalue weighted by atomic mass is 19.3. The van der Waals surface area contributed by atoms with Crippen molar-refractivity contribution < 1.29 is 27.9 Å². The summed E-state index contributed by atoms with van der Waals surface area (Å²) in [6, 6.07) is 4.86. The molecule has 1 aliphatic rings. The summed E-state index contributed by atoms with van der Waals surface area (Å²) in [5, 5.41) is 25.6. The predicted molar refractivity (Wildman–Crippen MR) is 126 cm³/mol. The maximum Gasteiger partial charge on any atom is 0.323 e. The number of alkyl halides is 2. The van der Waals surface area contributed by atoms with E-state index in [9.17, 15) is 27.9 Å². The Balaban J connectivity index is 1.42. The molecule has 13 heteroatoms. The highest BCUT2D eigenvalue weighted by Gasteiger charge is 2.36. The lowest BCUT2D eigenvalue weighted by atomic mass is 9.92. The molecule has 0 radical (unpaired) electrons. The summed E-state index contributed by atoms with van der Waals surface area (Å²) in [7, 11) is 0. The molecule has 192 valence electrons. The van der Waals surface area contributed by atoms with E-state index in [-0.39, 0.29) is 24.7 Å². The van der Waals surface area contributed by atoms with Crippen molar-refractivity contribution in [3.05, 3.63) is 47.9 Å². The van der Waals surface area contributed by atoms with E-state index in [0.717, 1.165) is 0 Å². The SMILES string of the molecule is CC(C)(O)C(NC(=O)Nc1cc2[nH]nc(NC(=O)N3CCC(F)(F)CC3)c2cn1)c1ccc(F)cc1. The maximum atomic E-state index is 13.3. The number of likely N-dealkylation sites (tertiary alicyclic amines) is 1. The number of benzene rings is 1. The molecule has 1 unspecified atom stereocenters. The number of H-pyrrole nitrogens is 1. The lowest BCUT2D eigenvalue weighted by molar-refractivity contribution is -0.0461. The number of aliphatic hydroxyl groups is 1. The number of hydrogen-bond donors (Lipinski definition) is 5. The molecule has 1 fully saturated rings. The zero-order valence-electron chi connectivity index (χ0n) is 19.6. The minimum atomic E-state index is -2.76. The molecule has 4 amide bonds. The standard InChI is InChI=1S/C23H26F3N7O3/c1-22(2,36)18(13-3-5-14(24)6-4-13)29-20(34)28-17-11-16-15(12-27-17)19(32-31-16)30-21(35)33-9-7-23(25,26)8-10-33/h3-6,11-12,18,36H,7-10H2,1-2H3,(H2,27,28,29,34)(H2,30,31,32,35). The van der Waals surface area contributed by atoms with E-state index < -0.39 is 48.3 Å². The number of amides is 4. The Hall–Kier alpha value is -3.87. The fraction of sp³-hybridized carbons (Fsp3) is 0.391. The van der Waals surface area contributed by atoms with Crippen molar-refractivity contribution in [3.63, 3.8) is 0 Å². The van der Waals surface area contributed by atoms with Crippen LogP contribution in [-0.4, -0.2) is 61.9 Å². The number of hydrogen-bond acceptors (Lipinski definition) is 5. The molecule has 3 aromatic rings. The molecule has 4 rings (SSSR count). The lowest BCUT2D eigenvalue weighted by Gasteiger charge is -2.31. The molecule has 5 N–H and O–H groups in total. The van der Waals surface area contributed by atoms with Crippen LogP contribution in [0.1, 0.15) is 38.3 Å². The second kappa shape index (κ2) is 9.64. The molecule has 1 aromatic carbocycles. The van der Waals surface area contributed by atoms with Gasteiger partial charge in [0.05, 0.1) is 22.5 Å². The van der Waals surface area contributed by atoms with Gasteiger partial charge in [-0.1, -0.05) is 12.1 Å². The van der Waals surface area contributed by atoms with Gasteiger partial charge in [-0.3, -0.25) is 15.7 Å². The summed E-state index contributed by atoms with van der Waals surface area (Å²) < 4.78 is 40.0. The van der Waals surface area contributed by atoms with Gasteiger partial charge in [0.2, 0.25) is 0 Å². The molecule has 0 aliphatic carbocycles. The Bertz CT molecular complexity index is 1250. The quantitative estimate of drug-likeness (QED) is 0.357. The largest absolute Gasteiger partial charge is 0.388 e. The minimum absolute atomic E-state index is 0.0633. The second-order valence-corrected chi connectivity index (χ2v) is 9.20. The van der Waals surface area contributed by atoms with Crippen LogP contribution in [0, 0.1) is 5.82 Å². The first-order valence-corrected chi connectivity index (χ1v) is 11.2. The van der Waals surface area contributed by atoms with Crippen molar-refractivity contribution in [2.75, 3.05) is 23.7 Å². The average Bonchev–Trinajstić information content (AvgIpc) is 3.19. The number of fused-ring (bicyclic) bond motifs is 1. The minimum Gasteiger partial charge on any atom is -0.388 e. The lowest BCUT2D eigenvalue weighted by Crippen LogP contribution is -2.44. The zero-order chi connectivity index (χ0) is 26.1. The van der Waals surface area contributed by atoms with Crippen LogP contribution < -0.4 is 16.0 Å². The summed E-state index contributed by atoms with van der Waals surface area (Å²) in [6.07, 6.45) is 0.605. The zero-order valence-corrected chi connectivity index (χ0v) is 19.6. The van der Waals surface area contributed by atoms with Crippen LogP contribution in [0.15, 0.2) is 36.5 Å². The summed E-state index contributed by atoms with van der Waals surface area (Å²) in [6.45, 7) is 2.90. The fourth-order valence-electron chi connectivity index (χ4n) is 3.90. The van der Waals surface area contributed by atoms with E-state index in [1.807, 2.05) is 0 Å².